The van der Waals surface area contributed by atoms with E-state index < -0.39 is 0 Å². The van der Waals surface area contributed by atoms with Gasteiger partial charge < -0.3 is 0 Å². The van der Waals surface area contributed by atoms with Crippen molar-refractivity contribution in [2.45, 2.75) is 6.42 Å². The molecule has 0 saturated heterocycles. The smallest absolute Gasteiger partial charge is 0 e. The Morgan fingerprint density at radius 1 is 0.488 bits per heavy atom. The van der Waals surface area contributed by atoms with Crippen molar-refractivity contribution in [1.82, 2.24) is 0 Å². The summed E-state index contributed by atoms with van der Waals surface area (Å²) >= 11 is 0. The van der Waals surface area contributed by atoms with Gasteiger partial charge in [0.1, 0.15) is 0 Å². The third-order valence-electron chi connectivity index (χ3n) is 4.56. The molecule has 7 rings (SSSR count). The molecule has 6 aromatic carbocycles. The fourth-order valence-corrected chi connectivity index (χ4v) is 2.78. The van der Waals surface area contributed by atoms with E-state index in [-0.39, 0.29) is 72.9 Å². The van der Waals surface area contributed by atoms with E-state index in [9.17, 15) is 0 Å². The Morgan fingerprint density at radius 3 is 1.12 bits per heavy atom. The second-order valence-electron chi connectivity index (χ2n) is 7.47. The zero-order chi connectivity index (χ0) is 26.6. The molecule has 1 aliphatic rings. The molecular weight excluding hydrogens is 675 g/mol. The number of fused-ring (bicyclic) bond motifs is 1. The molecule has 6 aromatic rings. The normalized spacial score (nSPS) is 8.65. The van der Waals surface area contributed by atoms with E-state index in [1.54, 1.807) is 0 Å². The summed E-state index contributed by atoms with van der Waals surface area (Å²) in [5, 5.41) is 2.66. The summed E-state index contributed by atoms with van der Waals surface area (Å²) in [5.41, 5.74) is 0. The van der Waals surface area contributed by atoms with Crippen molar-refractivity contribution in [1.29, 1.82) is 0 Å². The van der Waals surface area contributed by atoms with Crippen LogP contribution in [-0.4, -0.2) is 21.9 Å². The molecule has 5 heteroatoms. The number of halogens is 2. The molecule has 0 bridgehead atoms. The van der Waals surface area contributed by atoms with Crippen molar-refractivity contribution in [2.24, 2.45) is 0 Å². The van der Waals surface area contributed by atoms with E-state index in [1.807, 2.05) is 133 Å². The quantitative estimate of drug-likeness (QED) is 0.109. The van der Waals surface area contributed by atoms with Crippen LogP contribution in [0.5, 0.6) is 0 Å². The van der Waals surface area contributed by atoms with Crippen LogP contribution >= 0.6 is 24.8 Å². The Bertz CT molecular complexity index is 1060. The number of hydrogen-bond acceptors (Lipinski definition) is 0. The zero-order valence-corrected chi connectivity index (χ0v) is 29.9. The molecule has 218 valence electrons. The predicted molar refractivity (Wildman–Crippen MR) is 188 cm³/mol. The molecule has 0 amide bonds. The van der Waals surface area contributed by atoms with Crippen LogP contribution in [0.4, 0.5) is 0 Å². The maximum Gasteiger partial charge on any atom is 0 e. The molecule has 8 radical (unpaired) electrons. The number of allylic oxidation sites excluding steroid dienone is 4. The van der Waals surface area contributed by atoms with E-state index in [0.29, 0.717) is 0 Å². The fraction of sp³-hybridized carbons (Fsp3) is 0.0263. The summed E-state index contributed by atoms with van der Waals surface area (Å²) in [7, 11) is 0. The average Bonchev–Trinajstić information content (AvgIpc) is 3.78. The van der Waals surface area contributed by atoms with Gasteiger partial charge >= 0.3 is 0 Å². The molecule has 0 N–H and O–H groups in total. The molecule has 0 aromatic heterocycles. The van der Waals surface area contributed by atoms with Crippen molar-refractivity contribution in [2.75, 3.05) is 0 Å². The third kappa shape index (κ3) is 29.0. The van der Waals surface area contributed by atoms with E-state index in [2.05, 4.69) is 78.9 Å². The van der Waals surface area contributed by atoms with Gasteiger partial charge in [0.2, 0.25) is 0 Å². The predicted octanol–water partition coefficient (Wildman–Crippen LogP) is 9.89. The third-order valence-corrected chi connectivity index (χ3v) is 4.56. The van der Waals surface area contributed by atoms with Gasteiger partial charge in [-0.25, -0.2) is 12.2 Å². The molecule has 0 saturated carbocycles. The molecule has 1 aliphatic carbocycles. The number of benzene rings is 5. The molecule has 0 unspecified atom stereocenters. The largest absolute Gasteiger partial charge is 0.273 e. The molecule has 43 heavy (non-hydrogen) atoms. The van der Waals surface area contributed by atoms with Gasteiger partial charge in [-0.1, -0.05) is 6.07 Å². The Kier molecular flexibility index (Phi) is 40.6. The van der Waals surface area contributed by atoms with Crippen molar-refractivity contribution in [3.63, 3.8) is 0 Å². The summed E-state index contributed by atoms with van der Waals surface area (Å²) in [5.74, 6) is 0. The molecule has 0 aliphatic heterocycles. The second kappa shape index (κ2) is 37.1. The standard InChI is InChI=1S/C9H7.4C6H5.C5H5.2ClH.2Si.Zr/c1-2-5-9-7-3-6-8(9)4-1;4*1-2-4-6-5-3-1;1-2-4-5-3-1;;;;;/h1-7H;4*1-5H;1-3H,4H2;2*1H;;;/q6*-1;;;;;. The van der Waals surface area contributed by atoms with E-state index >= 15 is 0 Å². The molecule has 0 heterocycles. The van der Waals surface area contributed by atoms with Crippen molar-refractivity contribution in [3.8, 4) is 0 Å². The maximum atomic E-state index is 2.99. The minimum absolute atomic E-state index is 0. The van der Waals surface area contributed by atoms with Crippen molar-refractivity contribution < 1.29 is 26.2 Å². The maximum absolute atomic E-state index is 2.99. The molecule has 0 atom stereocenters. The summed E-state index contributed by atoms with van der Waals surface area (Å²) < 4.78 is 0. The Hall–Kier alpha value is -2.91. The van der Waals surface area contributed by atoms with E-state index in [0.717, 1.165) is 6.42 Å². The summed E-state index contributed by atoms with van der Waals surface area (Å²) in [4.78, 5) is 0. The SMILES string of the molecule is Cl.Cl.[C-]1=CC=CC1.[Si].[Si].[Zr].[c-]1ccccc1.[c-]1ccccc1.[c-]1ccccc1.[c-]1ccccc1.c1ccc2[cH-]ccc2c1. The molecule has 0 fully saturated rings. The van der Waals surface area contributed by atoms with Crippen LogP contribution in [-0.2, 0) is 26.2 Å². The van der Waals surface area contributed by atoms with Crippen LogP contribution in [0, 0.1) is 30.3 Å². The molecule has 0 nitrogen and oxygen atoms in total. The molecule has 0 spiro atoms. The van der Waals surface area contributed by atoms with Gasteiger partial charge in [-0.15, -0.1) is 60.9 Å². The Balaban J connectivity index is -0.000000209. The Morgan fingerprint density at radius 2 is 0.884 bits per heavy atom. The first-order chi connectivity index (χ1) is 19.0. The number of hydrogen-bond donors (Lipinski definition) is 0. The minimum Gasteiger partial charge on any atom is -0.273 e. The van der Waals surface area contributed by atoms with Gasteiger partial charge in [-0.2, -0.15) is 169 Å². The van der Waals surface area contributed by atoms with E-state index in [4.69, 9.17) is 0 Å². The van der Waals surface area contributed by atoms with Gasteiger partial charge in [-0.05, 0) is 0 Å². The van der Waals surface area contributed by atoms with Gasteiger partial charge in [0.25, 0.3) is 0 Å². The van der Waals surface area contributed by atoms with Gasteiger partial charge in [0.05, 0.1) is 0 Å². The number of rotatable bonds is 0. The first-order valence-electron chi connectivity index (χ1n) is 12.4. The first kappa shape index (κ1) is 47.0. The average molecular weight is 709 g/mol. The van der Waals surface area contributed by atoms with Crippen LogP contribution in [0.3, 0.4) is 0 Å². The van der Waals surface area contributed by atoms with Crippen LogP contribution in [0.15, 0.2) is 182 Å². The Labute approximate surface area is 300 Å². The first-order valence-corrected chi connectivity index (χ1v) is 12.4. The van der Waals surface area contributed by atoms with E-state index in [1.165, 1.54) is 10.8 Å². The monoisotopic (exact) mass is 706 g/mol. The second-order valence-corrected chi connectivity index (χ2v) is 7.47. The molecular formula is C38H34Cl2Si2Zr-6. The fourth-order valence-electron chi connectivity index (χ4n) is 2.78. The summed E-state index contributed by atoms with van der Waals surface area (Å²) in [6.45, 7) is 0. The zero-order valence-electron chi connectivity index (χ0n) is 23.8. The summed E-state index contributed by atoms with van der Waals surface area (Å²) in [6, 6.07) is 64.7. The van der Waals surface area contributed by atoms with Crippen LogP contribution in [0.25, 0.3) is 10.8 Å². The van der Waals surface area contributed by atoms with Crippen molar-refractivity contribution >= 4 is 57.5 Å². The van der Waals surface area contributed by atoms with Crippen LogP contribution in [0.1, 0.15) is 6.42 Å². The van der Waals surface area contributed by atoms with Crippen molar-refractivity contribution in [3.05, 3.63) is 212 Å². The van der Waals surface area contributed by atoms with Gasteiger partial charge in [0.15, 0.2) is 0 Å². The minimum atomic E-state index is 0. The topological polar surface area (TPSA) is 0 Å². The van der Waals surface area contributed by atoms with Crippen LogP contribution < -0.4 is 0 Å². The van der Waals surface area contributed by atoms with Gasteiger partial charge in [0, 0.05) is 48.1 Å². The summed E-state index contributed by atoms with van der Waals surface area (Å²) in [6.07, 6.45) is 10.0. The van der Waals surface area contributed by atoms with Gasteiger partial charge in [-0.3, -0.25) is 6.08 Å². The van der Waals surface area contributed by atoms with Crippen LogP contribution in [0.2, 0.25) is 0 Å².